The summed E-state index contributed by atoms with van der Waals surface area (Å²) < 4.78 is 14.5. The number of carbonyl (C=O) groups is 2. The molecule has 8 heteroatoms. The molecular formula is C28H25FN4O2S. The zero-order valence-corrected chi connectivity index (χ0v) is 20.5. The van der Waals surface area contributed by atoms with Crippen LogP contribution in [0.2, 0.25) is 0 Å². The number of likely N-dealkylation sites (tertiary alicyclic amines) is 1. The first-order chi connectivity index (χ1) is 17.5. The van der Waals surface area contributed by atoms with E-state index in [-0.39, 0.29) is 17.6 Å². The van der Waals surface area contributed by atoms with E-state index in [0.29, 0.717) is 37.8 Å². The van der Waals surface area contributed by atoms with Gasteiger partial charge in [0, 0.05) is 62.0 Å². The van der Waals surface area contributed by atoms with Crippen LogP contribution in [0.4, 0.5) is 4.39 Å². The van der Waals surface area contributed by atoms with E-state index in [1.807, 2.05) is 64.4 Å². The Labute approximate surface area is 212 Å². The van der Waals surface area contributed by atoms with Gasteiger partial charge in [-0.1, -0.05) is 30.3 Å². The fourth-order valence-corrected chi connectivity index (χ4v) is 5.89. The molecule has 0 spiro atoms. The molecule has 2 saturated heterocycles. The molecule has 0 N–H and O–H groups in total. The second kappa shape index (κ2) is 9.44. The third-order valence-electron chi connectivity index (χ3n) is 7.00. The second-order valence-corrected chi connectivity index (χ2v) is 10.3. The van der Waals surface area contributed by atoms with Crippen molar-refractivity contribution in [2.24, 2.45) is 0 Å². The molecule has 3 heterocycles. The Morgan fingerprint density at radius 2 is 1.56 bits per heavy atom. The molecule has 6 nitrogen and oxygen atoms in total. The van der Waals surface area contributed by atoms with E-state index in [1.54, 1.807) is 6.07 Å². The lowest BCUT2D eigenvalue weighted by molar-refractivity contribution is 0.00854. The summed E-state index contributed by atoms with van der Waals surface area (Å²) in [5, 5.41) is 0.739. The number of nitrogens with zero attached hydrogens (tertiary/aromatic N) is 4. The molecule has 0 bridgehead atoms. The molecule has 0 atom stereocenters. The van der Waals surface area contributed by atoms with Gasteiger partial charge < -0.3 is 9.80 Å². The highest BCUT2D eigenvalue weighted by atomic mass is 32.1. The van der Waals surface area contributed by atoms with Crippen LogP contribution in [0.15, 0.2) is 72.8 Å². The summed E-state index contributed by atoms with van der Waals surface area (Å²) in [5.41, 5.74) is 2.92. The molecule has 0 aliphatic carbocycles. The van der Waals surface area contributed by atoms with Crippen molar-refractivity contribution < 1.29 is 14.0 Å². The Morgan fingerprint density at radius 3 is 2.31 bits per heavy atom. The number of fused-ring (bicyclic) bond motifs is 1. The van der Waals surface area contributed by atoms with E-state index in [1.165, 1.54) is 23.5 Å². The van der Waals surface area contributed by atoms with Crippen molar-refractivity contribution in [2.75, 3.05) is 39.3 Å². The number of piperazine rings is 1. The fraction of sp³-hybridized carbons (Fsp3) is 0.250. The van der Waals surface area contributed by atoms with E-state index in [4.69, 9.17) is 0 Å². The molecule has 2 fully saturated rings. The topological polar surface area (TPSA) is 56.8 Å². The number of aromatic nitrogens is 1. The molecule has 2 aliphatic heterocycles. The van der Waals surface area contributed by atoms with Crippen LogP contribution in [0.1, 0.15) is 20.7 Å². The molecule has 4 aromatic rings. The molecule has 182 valence electrons. The summed E-state index contributed by atoms with van der Waals surface area (Å²) >= 11 is 1.46. The predicted octanol–water partition coefficient (Wildman–Crippen LogP) is 4.38. The molecule has 2 aliphatic rings. The summed E-state index contributed by atoms with van der Waals surface area (Å²) in [7, 11) is 0. The lowest BCUT2D eigenvalue weighted by Gasteiger charge is -2.48. The predicted molar refractivity (Wildman–Crippen MR) is 139 cm³/mol. The summed E-state index contributed by atoms with van der Waals surface area (Å²) in [5.74, 6) is -0.189. The van der Waals surface area contributed by atoms with Crippen LogP contribution in [0.3, 0.4) is 0 Å². The van der Waals surface area contributed by atoms with Crippen LogP contribution >= 0.6 is 11.3 Å². The Bertz CT molecular complexity index is 1430. The number of halogens is 1. The van der Waals surface area contributed by atoms with Crippen molar-refractivity contribution in [1.29, 1.82) is 0 Å². The number of amides is 2. The van der Waals surface area contributed by atoms with Gasteiger partial charge in [0.1, 0.15) is 10.8 Å². The Kier molecular flexibility index (Phi) is 5.99. The van der Waals surface area contributed by atoms with Gasteiger partial charge in [-0.05, 0) is 42.5 Å². The van der Waals surface area contributed by atoms with Gasteiger partial charge in [0.2, 0.25) is 0 Å². The average Bonchev–Trinajstić information content (AvgIpc) is 3.32. The molecule has 3 aromatic carbocycles. The zero-order valence-electron chi connectivity index (χ0n) is 19.6. The van der Waals surface area contributed by atoms with Crippen LogP contribution in [0.25, 0.3) is 20.8 Å². The second-order valence-electron chi connectivity index (χ2n) is 9.27. The third kappa shape index (κ3) is 4.38. The largest absolute Gasteiger partial charge is 0.336 e. The van der Waals surface area contributed by atoms with E-state index < -0.39 is 0 Å². The molecule has 0 unspecified atom stereocenters. The Morgan fingerprint density at radius 1 is 0.806 bits per heavy atom. The molecular weight excluding hydrogens is 475 g/mol. The number of rotatable bonds is 4. The molecule has 1 aromatic heterocycles. The minimum absolute atomic E-state index is 0.0201. The third-order valence-corrected chi connectivity index (χ3v) is 8.06. The van der Waals surface area contributed by atoms with E-state index in [0.717, 1.165) is 39.4 Å². The highest BCUT2D eigenvalue weighted by Gasteiger charge is 2.37. The Hall–Kier alpha value is -3.62. The maximum Gasteiger partial charge on any atom is 0.254 e. The van der Waals surface area contributed by atoms with Crippen LogP contribution in [-0.2, 0) is 0 Å². The van der Waals surface area contributed by atoms with Crippen molar-refractivity contribution in [3.8, 4) is 10.6 Å². The number of hydrogen-bond acceptors (Lipinski definition) is 5. The van der Waals surface area contributed by atoms with Gasteiger partial charge in [0.15, 0.2) is 0 Å². The normalized spacial score (nSPS) is 16.8. The SMILES string of the molecule is O=C(c1ccccc1)N1CCN(C2CN(C(=O)c3ccc4nc(-c5cccc(F)c5)sc4c3)C2)CC1. The fourth-order valence-electron chi connectivity index (χ4n) is 4.89. The van der Waals surface area contributed by atoms with Gasteiger partial charge in [0.05, 0.1) is 10.2 Å². The standard InChI is InChI=1S/C28H25FN4O2S/c29-22-8-4-7-20(15-22)26-30-24-10-9-21(16-25(24)36-26)28(35)33-17-23(18-33)31-11-13-32(14-12-31)27(34)19-5-2-1-3-6-19/h1-10,15-16,23H,11-14,17-18H2. The molecule has 0 saturated carbocycles. The molecule has 36 heavy (non-hydrogen) atoms. The van der Waals surface area contributed by atoms with Gasteiger partial charge in [-0.25, -0.2) is 9.37 Å². The first kappa shape index (κ1) is 22.8. The van der Waals surface area contributed by atoms with Gasteiger partial charge in [-0.15, -0.1) is 11.3 Å². The van der Waals surface area contributed by atoms with Crippen molar-refractivity contribution in [1.82, 2.24) is 19.7 Å². The quantitative estimate of drug-likeness (QED) is 0.417. The zero-order chi connectivity index (χ0) is 24.6. The summed E-state index contributed by atoms with van der Waals surface area (Å²) in [4.78, 5) is 36.6. The van der Waals surface area contributed by atoms with E-state index in [2.05, 4.69) is 9.88 Å². The van der Waals surface area contributed by atoms with Crippen molar-refractivity contribution in [2.45, 2.75) is 6.04 Å². The van der Waals surface area contributed by atoms with Crippen molar-refractivity contribution in [3.63, 3.8) is 0 Å². The molecule has 6 rings (SSSR count). The first-order valence-electron chi connectivity index (χ1n) is 12.1. The minimum Gasteiger partial charge on any atom is -0.336 e. The number of benzene rings is 3. The highest BCUT2D eigenvalue weighted by molar-refractivity contribution is 7.21. The average molecular weight is 501 g/mol. The van der Waals surface area contributed by atoms with Crippen LogP contribution < -0.4 is 0 Å². The lowest BCUT2D eigenvalue weighted by Crippen LogP contribution is -2.64. The van der Waals surface area contributed by atoms with Gasteiger partial charge in [-0.2, -0.15) is 0 Å². The maximum absolute atomic E-state index is 13.6. The maximum atomic E-state index is 13.6. The summed E-state index contributed by atoms with van der Waals surface area (Å²) in [6, 6.07) is 21.7. The smallest absolute Gasteiger partial charge is 0.254 e. The van der Waals surface area contributed by atoms with Gasteiger partial charge in [-0.3, -0.25) is 14.5 Å². The highest BCUT2D eigenvalue weighted by Crippen LogP contribution is 2.31. The number of thiazole rings is 1. The van der Waals surface area contributed by atoms with E-state index >= 15 is 0 Å². The van der Waals surface area contributed by atoms with Crippen LogP contribution in [0.5, 0.6) is 0 Å². The van der Waals surface area contributed by atoms with Gasteiger partial charge >= 0.3 is 0 Å². The monoisotopic (exact) mass is 500 g/mol. The molecule has 0 radical (unpaired) electrons. The number of hydrogen-bond donors (Lipinski definition) is 0. The summed E-state index contributed by atoms with van der Waals surface area (Å²) in [6.45, 7) is 4.44. The van der Waals surface area contributed by atoms with Crippen LogP contribution in [-0.4, -0.2) is 76.8 Å². The van der Waals surface area contributed by atoms with Crippen molar-refractivity contribution in [3.05, 3.63) is 89.7 Å². The first-order valence-corrected chi connectivity index (χ1v) is 12.9. The van der Waals surface area contributed by atoms with Crippen molar-refractivity contribution >= 4 is 33.4 Å². The summed E-state index contributed by atoms with van der Waals surface area (Å²) in [6.07, 6.45) is 0. The Balaban J connectivity index is 1.05. The number of carbonyl (C=O) groups excluding carboxylic acids is 2. The minimum atomic E-state index is -0.292. The lowest BCUT2D eigenvalue weighted by atomic mass is 10.0. The van der Waals surface area contributed by atoms with E-state index in [9.17, 15) is 14.0 Å². The van der Waals surface area contributed by atoms with Crippen LogP contribution in [0, 0.1) is 5.82 Å². The molecule has 2 amide bonds. The van der Waals surface area contributed by atoms with Gasteiger partial charge in [0.25, 0.3) is 11.8 Å².